The first-order valence-corrected chi connectivity index (χ1v) is 15.9. The molecule has 226 valence electrons. The number of hydrogen-bond donors (Lipinski definition) is 1. The summed E-state index contributed by atoms with van der Waals surface area (Å²) in [5.41, 5.74) is 2.18. The minimum Gasteiger partial charge on any atom is -0.492 e. The summed E-state index contributed by atoms with van der Waals surface area (Å²) in [6.45, 7) is 10.1. The fraction of sp³-hybridized carbons (Fsp3) is 0.394. The van der Waals surface area contributed by atoms with E-state index in [1.165, 1.54) is 17.0 Å². The van der Waals surface area contributed by atoms with Gasteiger partial charge in [-0.1, -0.05) is 80.9 Å². The number of anilines is 1. The molecule has 0 spiro atoms. The van der Waals surface area contributed by atoms with Gasteiger partial charge in [0.1, 0.15) is 18.3 Å². The number of rotatable bonds is 15. The molecule has 0 saturated carbocycles. The van der Waals surface area contributed by atoms with E-state index in [1.54, 1.807) is 36.4 Å². The van der Waals surface area contributed by atoms with Gasteiger partial charge in [-0.3, -0.25) is 13.9 Å². The summed E-state index contributed by atoms with van der Waals surface area (Å²) >= 11 is 0. The third kappa shape index (κ3) is 8.58. The highest BCUT2D eigenvalue weighted by atomic mass is 32.2. The lowest BCUT2D eigenvalue weighted by molar-refractivity contribution is -0.139. The standard InChI is InChI=1S/C33H43N3O5S/c1-6-29(33(38)34-23-25(3)4)35(22-21-27-13-9-8-10-14-27)32(37)24-36(30-15-11-12-16-31(30)41-7-2)42(39,40)28-19-17-26(5)18-20-28/h8-20,25,29H,6-7,21-24H2,1-5H3,(H,34,38). The van der Waals surface area contributed by atoms with Gasteiger partial charge in [0.25, 0.3) is 10.0 Å². The summed E-state index contributed by atoms with van der Waals surface area (Å²) < 4.78 is 35.1. The van der Waals surface area contributed by atoms with Crippen LogP contribution in [0, 0.1) is 12.8 Å². The number of ether oxygens (including phenoxy) is 1. The van der Waals surface area contributed by atoms with Crippen LogP contribution in [0.25, 0.3) is 0 Å². The Balaban J connectivity index is 2.05. The molecule has 1 atom stereocenters. The Labute approximate surface area is 250 Å². The maximum absolute atomic E-state index is 14.2. The second-order valence-corrected chi connectivity index (χ2v) is 12.5. The average molecular weight is 594 g/mol. The van der Waals surface area contributed by atoms with Crippen molar-refractivity contribution in [3.8, 4) is 5.75 Å². The number of amides is 2. The van der Waals surface area contributed by atoms with Gasteiger partial charge in [0.2, 0.25) is 11.8 Å². The number of para-hydroxylation sites is 2. The predicted octanol–water partition coefficient (Wildman–Crippen LogP) is 5.21. The Bertz CT molecular complexity index is 1410. The maximum atomic E-state index is 14.2. The lowest BCUT2D eigenvalue weighted by Gasteiger charge is -2.33. The molecule has 2 amide bonds. The van der Waals surface area contributed by atoms with Crippen LogP contribution in [0.15, 0.2) is 83.8 Å². The van der Waals surface area contributed by atoms with E-state index in [-0.39, 0.29) is 29.0 Å². The number of nitrogens with one attached hydrogen (secondary N) is 1. The van der Waals surface area contributed by atoms with Crippen LogP contribution in [-0.4, -0.2) is 57.4 Å². The number of aryl methyl sites for hydroxylation is 1. The molecule has 0 aromatic heterocycles. The quantitative estimate of drug-likeness (QED) is 0.261. The van der Waals surface area contributed by atoms with Crippen LogP contribution in [-0.2, 0) is 26.0 Å². The molecule has 0 saturated heterocycles. The Kier molecular flexibility index (Phi) is 12.0. The fourth-order valence-corrected chi connectivity index (χ4v) is 6.03. The summed E-state index contributed by atoms with van der Waals surface area (Å²) in [4.78, 5) is 29.1. The summed E-state index contributed by atoms with van der Waals surface area (Å²) in [6, 6.07) is 22.2. The van der Waals surface area contributed by atoms with Crippen molar-refractivity contribution in [3.63, 3.8) is 0 Å². The molecular formula is C33H43N3O5S. The van der Waals surface area contributed by atoms with Gasteiger partial charge in [-0.2, -0.15) is 0 Å². The van der Waals surface area contributed by atoms with Gasteiger partial charge >= 0.3 is 0 Å². The zero-order valence-electron chi connectivity index (χ0n) is 25.2. The van der Waals surface area contributed by atoms with Crippen molar-refractivity contribution < 1.29 is 22.7 Å². The molecule has 0 aliphatic rings. The Morgan fingerprint density at radius 1 is 0.905 bits per heavy atom. The first kappa shape index (κ1) is 32.7. The molecule has 42 heavy (non-hydrogen) atoms. The van der Waals surface area contributed by atoms with Gasteiger partial charge in [-0.15, -0.1) is 0 Å². The second-order valence-electron chi connectivity index (χ2n) is 10.6. The summed E-state index contributed by atoms with van der Waals surface area (Å²) in [5, 5.41) is 2.95. The van der Waals surface area contributed by atoms with Gasteiger partial charge in [0.15, 0.2) is 0 Å². The summed E-state index contributed by atoms with van der Waals surface area (Å²) in [7, 11) is -4.18. The lowest BCUT2D eigenvalue weighted by Crippen LogP contribution is -2.53. The Hall–Kier alpha value is -3.85. The van der Waals surface area contributed by atoms with Crippen molar-refractivity contribution in [2.75, 3.05) is 30.5 Å². The van der Waals surface area contributed by atoms with Crippen molar-refractivity contribution in [2.45, 2.75) is 58.4 Å². The predicted molar refractivity (Wildman–Crippen MR) is 167 cm³/mol. The van der Waals surface area contributed by atoms with E-state index < -0.39 is 28.5 Å². The molecule has 9 heteroatoms. The highest BCUT2D eigenvalue weighted by Crippen LogP contribution is 2.33. The molecule has 0 aliphatic heterocycles. The molecule has 1 N–H and O–H groups in total. The van der Waals surface area contributed by atoms with E-state index in [2.05, 4.69) is 5.32 Å². The molecular weight excluding hydrogens is 550 g/mol. The van der Waals surface area contributed by atoms with Gasteiger partial charge in [0, 0.05) is 13.1 Å². The first-order valence-electron chi connectivity index (χ1n) is 14.5. The highest BCUT2D eigenvalue weighted by Gasteiger charge is 2.34. The Morgan fingerprint density at radius 3 is 2.17 bits per heavy atom. The number of nitrogens with zero attached hydrogens (tertiary/aromatic N) is 2. The number of carbonyl (C=O) groups is 2. The fourth-order valence-electron chi connectivity index (χ4n) is 4.61. The van der Waals surface area contributed by atoms with Crippen molar-refractivity contribution in [2.24, 2.45) is 5.92 Å². The van der Waals surface area contributed by atoms with Crippen LogP contribution in [0.4, 0.5) is 5.69 Å². The topological polar surface area (TPSA) is 96.0 Å². The van der Waals surface area contributed by atoms with Crippen molar-refractivity contribution in [3.05, 3.63) is 90.0 Å². The molecule has 0 heterocycles. The highest BCUT2D eigenvalue weighted by molar-refractivity contribution is 7.92. The number of benzene rings is 3. The Morgan fingerprint density at radius 2 is 1.55 bits per heavy atom. The van der Waals surface area contributed by atoms with Gasteiger partial charge < -0.3 is 15.0 Å². The first-order chi connectivity index (χ1) is 20.1. The summed E-state index contributed by atoms with van der Waals surface area (Å²) in [5.74, 6) is -0.138. The van der Waals surface area contributed by atoms with Gasteiger partial charge in [0.05, 0.1) is 17.2 Å². The minimum atomic E-state index is -4.18. The minimum absolute atomic E-state index is 0.0600. The third-order valence-corrected chi connectivity index (χ3v) is 8.65. The van der Waals surface area contributed by atoms with Crippen LogP contribution in [0.5, 0.6) is 5.75 Å². The van der Waals surface area contributed by atoms with E-state index >= 15 is 0 Å². The van der Waals surface area contributed by atoms with E-state index in [9.17, 15) is 18.0 Å². The van der Waals surface area contributed by atoms with Crippen molar-refractivity contribution >= 4 is 27.5 Å². The smallest absolute Gasteiger partial charge is 0.264 e. The van der Waals surface area contributed by atoms with E-state index in [0.29, 0.717) is 31.7 Å². The molecule has 0 bridgehead atoms. The number of hydrogen-bond acceptors (Lipinski definition) is 5. The molecule has 0 aliphatic carbocycles. The van der Waals surface area contributed by atoms with Crippen LogP contribution in [0.2, 0.25) is 0 Å². The van der Waals surface area contributed by atoms with Crippen LogP contribution in [0.3, 0.4) is 0 Å². The largest absolute Gasteiger partial charge is 0.492 e. The van der Waals surface area contributed by atoms with Crippen LogP contribution in [0.1, 0.15) is 45.2 Å². The normalized spacial score (nSPS) is 12.0. The molecule has 8 nitrogen and oxygen atoms in total. The van der Waals surface area contributed by atoms with E-state index in [0.717, 1.165) is 15.4 Å². The molecule has 0 fully saturated rings. The molecule has 1 unspecified atom stereocenters. The number of carbonyl (C=O) groups excluding carboxylic acids is 2. The average Bonchev–Trinajstić information content (AvgIpc) is 2.98. The molecule has 3 aromatic carbocycles. The monoisotopic (exact) mass is 593 g/mol. The van der Waals surface area contributed by atoms with Gasteiger partial charge in [-0.25, -0.2) is 8.42 Å². The van der Waals surface area contributed by atoms with Crippen molar-refractivity contribution in [1.82, 2.24) is 10.2 Å². The zero-order valence-corrected chi connectivity index (χ0v) is 26.1. The third-order valence-electron chi connectivity index (χ3n) is 6.88. The maximum Gasteiger partial charge on any atom is 0.264 e. The SMILES string of the molecule is CCOc1ccccc1N(CC(=O)N(CCc1ccccc1)C(CC)C(=O)NCC(C)C)S(=O)(=O)c1ccc(C)cc1. The summed E-state index contributed by atoms with van der Waals surface area (Å²) in [6.07, 6.45) is 0.894. The molecule has 3 aromatic rings. The van der Waals surface area contributed by atoms with E-state index in [4.69, 9.17) is 4.74 Å². The number of sulfonamides is 1. The van der Waals surface area contributed by atoms with Crippen LogP contribution < -0.4 is 14.4 Å². The van der Waals surface area contributed by atoms with Gasteiger partial charge in [-0.05, 0) is 62.4 Å². The van der Waals surface area contributed by atoms with Crippen LogP contribution >= 0.6 is 0 Å². The molecule has 0 radical (unpaired) electrons. The van der Waals surface area contributed by atoms with E-state index in [1.807, 2.05) is 65.0 Å². The van der Waals surface area contributed by atoms with Crippen molar-refractivity contribution in [1.29, 1.82) is 0 Å². The zero-order chi connectivity index (χ0) is 30.7. The molecule has 3 rings (SSSR count). The lowest BCUT2D eigenvalue weighted by atomic mass is 10.1. The second kappa shape index (κ2) is 15.4.